The maximum absolute atomic E-state index is 13.4. The van der Waals surface area contributed by atoms with E-state index < -0.39 is 29.6 Å². The smallest absolute Gasteiger partial charge is 0.338 e. The van der Waals surface area contributed by atoms with Gasteiger partial charge in [-0.3, -0.25) is 10.1 Å². The molecule has 3 aromatic rings. The van der Waals surface area contributed by atoms with Crippen LogP contribution in [0.15, 0.2) is 47.8 Å². The second-order valence-corrected chi connectivity index (χ2v) is 8.53. The molecule has 0 aliphatic carbocycles. The molecule has 4 rings (SSSR count). The fourth-order valence-electron chi connectivity index (χ4n) is 3.26. The van der Waals surface area contributed by atoms with Gasteiger partial charge in [0.25, 0.3) is 5.91 Å². The number of rotatable bonds is 8. The van der Waals surface area contributed by atoms with Crippen LogP contribution in [0, 0.1) is 11.6 Å². The van der Waals surface area contributed by atoms with E-state index in [2.05, 4.69) is 10.3 Å². The van der Waals surface area contributed by atoms with Crippen LogP contribution in [-0.4, -0.2) is 42.3 Å². The number of hydrogen-bond donors (Lipinski definition) is 1. The van der Waals surface area contributed by atoms with E-state index >= 15 is 0 Å². The third kappa shape index (κ3) is 5.95. The number of nitrogens with zero attached hydrogens (tertiary/aromatic N) is 1. The van der Waals surface area contributed by atoms with Gasteiger partial charge in [-0.2, -0.15) is 0 Å². The minimum absolute atomic E-state index is 0.0924. The molecule has 0 saturated carbocycles. The van der Waals surface area contributed by atoms with Crippen molar-refractivity contribution in [3.63, 3.8) is 0 Å². The van der Waals surface area contributed by atoms with E-state index in [4.69, 9.17) is 14.2 Å². The zero-order chi connectivity index (χ0) is 24.1. The Balaban J connectivity index is 1.28. The van der Waals surface area contributed by atoms with Crippen molar-refractivity contribution >= 4 is 28.3 Å². The topological polar surface area (TPSA) is 86.8 Å². The van der Waals surface area contributed by atoms with Gasteiger partial charge in [0.15, 0.2) is 22.9 Å². The first-order valence-corrected chi connectivity index (χ1v) is 11.5. The van der Waals surface area contributed by atoms with Crippen molar-refractivity contribution in [3.8, 4) is 17.0 Å². The summed E-state index contributed by atoms with van der Waals surface area (Å²) in [6.45, 7) is 2.65. The van der Waals surface area contributed by atoms with E-state index in [0.717, 1.165) is 42.9 Å². The molecule has 1 aliphatic heterocycles. The number of amides is 1. The number of aromatic nitrogens is 1. The van der Waals surface area contributed by atoms with Gasteiger partial charge in [0.2, 0.25) is 0 Å². The molecule has 1 aliphatic rings. The molecule has 34 heavy (non-hydrogen) atoms. The SMILES string of the molecule is C[C@@H](OC(=O)c1ccc(OC[C@@H]2CCCO2)cc1)C(=O)Nc1nc(-c2ccc(F)c(F)c2)cs1. The molecule has 1 saturated heterocycles. The molecular weight excluding hydrogens is 466 g/mol. The van der Waals surface area contributed by atoms with Crippen molar-refractivity contribution in [2.45, 2.75) is 32.0 Å². The third-order valence-corrected chi connectivity index (χ3v) is 5.91. The molecule has 2 aromatic carbocycles. The predicted octanol–water partition coefficient (Wildman–Crippen LogP) is 4.83. The largest absolute Gasteiger partial charge is 0.491 e. The molecule has 1 amide bonds. The Morgan fingerprint density at radius 3 is 2.71 bits per heavy atom. The normalized spacial score (nSPS) is 16.1. The van der Waals surface area contributed by atoms with Gasteiger partial charge < -0.3 is 14.2 Å². The molecule has 10 heteroatoms. The number of carbonyl (C=O) groups is 2. The maximum Gasteiger partial charge on any atom is 0.338 e. The fourth-order valence-corrected chi connectivity index (χ4v) is 3.98. The maximum atomic E-state index is 13.4. The Kier molecular flexibility index (Phi) is 7.49. The number of thiazole rings is 1. The van der Waals surface area contributed by atoms with Crippen LogP contribution in [0.5, 0.6) is 5.75 Å². The monoisotopic (exact) mass is 488 g/mol. The minimum atomic E-state index is -1.08. The Morgan fingerprint density at radius 1 is 1.21 bits per heavy atom. The summed E-state index contributed by atoms with van der Waals surface area (Å²) in [6.07, 6.45) is 1.01. The van der Waals surface area contributed by atoms with Gasteiger partial charge in [-0.05, 0) is 62.2 Å². The van der Waals surface area contributed by atoms with E-state index in [1.165, 1.54) is 13.0 Å². The second kappa shape index (κ2) is 10.7. The van der Waals surface area contributed by atoms with Crippen LogP contribution in [0.4, 0.5) is 13.9 Å². The number of anilines is 1. The van der Waals surface area contributed by atoms with Gasteiger partial charge in [0, 0.05) is 17.6 Å². The molecule has 2 atom stereocenters. The molecule has 0 spiro atoms. The van der Waals surface area contributed by atoms with Crippen molar-refractivity contribution in [1.29, 1.82) is 0 Å². The summed E-state index contributed by atoms with van der Waals surface area (Å²) < 4.78 is 43.0. The number of halogens is 2. The van der Waals surface area contributed by atoms with Crippen molar-refractivity contribution in [1.82, 2.24) is 4.98 Å². The molecule has 2 heterocycles. The molecule has 0 radical (unpaired) electrons. The van der Waals surface area contributed by atoms with E-state index in [0.29, 0.717) is 23.6 Å². The average molecular weight is 489 g/mol. The first-order chi connectivity index (χ1) is 16.4. The molecule has 0 bridgehead atoms. The third-order valence-electron chi connectivity index (χ3n) is 5.15. The lowest BCUT2D eigenvalue weighted by Crippen LogP contribution is -2.30. The van der Waals surface area contributed by atoms with Gasteiger partial charge in [0.05, 0.1) is 17.4 Å². The number of carbonyl (C=O) groups excluding carboxylic acids is 2. The van der Waals surface area contributed by atoms with Gasteiger partial charge in [-0.15, -0.1) is 11.3 Å². The summed E-state index contributed by atoms with van der Waals surface area (Å²) in [7, 11) is 0. The highest BCUT2D eigenvalue weighted by Crippen LogP contribution is 2.26. The Labute approximate surface area is 198 Å². The van der Waals surface area contributed by atoms with Crippen LogP contribution in [0.2, 0.25) is 0 Å². The zero-order valence-electron chi connectivity index (χ0n) is 18.3. The summed E-state index contributed by atoms with van der Waals surface area (Å²) in [4.78, 5) is 29.0. The van der Waals surface area contributed by atoms with Crippen molar-refractivity contribution in [3.05, 3.63) is 65.0 Å². The lowest BCUT2D eigenvalue weighted by Gasteiger charge is -2.13. The number of nitrogens with one attached hydrogen (secondary N) is 1. The summed E-state index contributed by atoms with van der Waals surface area (Å²) in [5.74, 6) is -2.56. The molecule has 1 fully saturated rings. The van der Waals surface area contributed by atoms with Gasteiger partial charge in [0.1, 0.15) is 12.4 Å². The molecule has 0 unspecified atom stereocenters. The van der Waals surface area contributed by atoms with E-state index in [-0.39, 0.29) is 16.8 Å². The number of ether oxygens (including phenoxy) is 3. The summed E-state index contributed by atoms with van der Waals surface area (Å²) >= 11 is 1.11. The standard InChI is InChI=1S/C24H22F2N2O5S/c1-14(22(29)28-24-27-21(13-34-24)16-6-9-19(25)20(26)11-16)33-23(30)15-4-7-17(8-5-15)32-12-18-3-2-10-31-18/h4-9,11,13-14,18H,2-3,10,12H2,1H3,(H,27,28,29)/t14-,18+/m1/s1. The first kappa shape index (κ1) is 23.8. The molecule has 1 N–H and O–H groups in total. The quantitative estimate of drug-likeness (QED) is 0.457. The van der Waals surface area contributed by atoms with Crippen LogP contribution >= 0.6 is 11.3 Å². The van der Waals surface area contributed by atoms with Crippen molar-refractivity contribution in [2.24, 2.45) is 0 Å². The highest BCUT2D eigenvalue weighted by molar-refractivity contribution is 7.14. The second-order valence-electron chi connectivity index (χ2n) is 7.67. The molecule has 178 valence electrons. The Bertz CT molecular complexity index is 1160. The van der Waals surface area contributed by atoms with E-state index in [1.807, 2.05) is 0 Å². The molecular formula is C24H22F2N2O5S. The lowest BCUT2D eigenvalue weighted by atomic mass is 10.2. The van der Waals surface area contributed by atoms with E-state index in [9.17, 15) is 18.4 Å². The van der Waals surface area contributed by atoms with Gasteiger partial charge >= 0.3 is 5.97 Å². The van der Waals surface area contributed by atoms with Gasteiger partial charge in [-0.1, -0.05) is 0 Å². The highest BCUT2D eigenvalue weighted by Gasteiger charge is 2.21. The Morgan fingerprint density at radius 2 is 2.00 bits per heavy atom. The number of esters is 1. The predicted molar refractivity (Wildman–Crippen MR) is 122 cm³/mol. The van der Waals surface area contributed by atoms with Crippen LogP contribution in [0.3, 0.4) is 0 Å². The molecule has 1 aromatic heterocycles. The highest BCUT2D eigenvalue weighted by atomic mass is 32.1. The van der Waals surface area contributed by atoms with E-state index in [1.54, 1.807) is 29.6 Å². The van der Waals surface area contributed by atoms with Crippen molar-refractivity contribution < 1.29 is 32.6 Å². The summed E-state index contributed by atoms with van der Waals surface area (Å²) in [6, 6.07) is 9.87. The number of hydrogen-bond acceptors (Lipinski definition) is 7. The van der Waals surface area contributed by atoms with Crippen molar-refractivity contribution in [2.75, 3.05) is 18.5 Å². The fraction of sp³-hybridized carbons (Fsp3) is 0.292. The van der Waals surface area contributed by atoms with Crippen LogP contribution < -0.4 is 10.1 Å². The van der Waals surface area contributed by atoms with Crippen LogP contribution in [0.25, 0.3) is 11.3 Å². The zero-order valence-corrected chi connectivity index (χ0v) is 19.1. The molecule has 7 nitrogen and oxygen atoms in total. The summed E-state index contributed by atoms with van der Waals surface area (Å²) in [5, 5.41) is 4.39. The number of benzene rings is 2. The average Bonchev–Trinajstić information content (AvgIpc) is 3.52. The Hall–Kier alpha value is -3.37. The first-order valence-electron chi connectivity index (χ1n) is 10.7. The van der Waals surface area contributed by atoms with Crippen LogP contribution in [0.1, 0.15) is 30.1 Å². The van der Waals surface area contributed by atoms with Crippen LogP contribution in [-0.2, 0) is 14.3 Å². The summed E-state index contributed by atoms with van der Waals surface area (Å²) in [5.41, 5.74) is 1.03. The van der Waals surface area contributed by atoms with Gasteiger partial charge in [-0.25, -0.2) is 18.6 Å². The lowest BCUT2D eigenvalue weighted by molar-refractivity contribution is -0.123. The minimum Gasteiger partial charge on any atom is -0.491 e.